The van der Waals surface area contributed by atoms with Crippen LogP contribution < -0.4 is 0 Å². The fourth-order valence-corrected chi connectivity index (χ4v) is 0.856. The summed E-state index contributed by atoms with van der Waals surface area (Å²) in [5, 5.41) is 0. The van der Waals surface area contributed by atoms with Crippen molar-refractivity contribution in [2.45, 2.75) is 25.7 Å². The molecule has 1 rings (SSSR count). The Hall–Kier alpha value is 0.432. The molecule has 0 heterocycles. The van der Waals surface area contributed by atoms with Gasteiger partial charge in [0, 0.05) is 0 Å². The van der Waals surface area contributed by atoms with Gasteiger partial charge in [0.1, 0.15) is 0 Å². The molecule has 0 aromatic heterocycles. The van der Waals surface area contributed by atoms with Gasteiger partial charge in [0.25, 0.3) is 0 Å². The van der Waals surface area contributed by atoms with E-state index in [-0.39, 0.29) is 0 Å². The van der Waals surface area contributed by atoms with Crippen molar-refractivity contribution in [2.24, 2.45) is 0 Å². The summed E-state index contributed by atoms with van der Waals surface area (Å²) in [6.07, 6.45) is 14.0. The van der Waals surface area contributed by atoms with Crippen molar-refractivity contribution in [3.63, 3.8) is 0 Å². The van der Waals surface area contributed by atoms with E-state index < -0.39 is 0 Å². The van der Waals surface area contributed by atoms with Crippen LogP contribution in [0.25, 0.3) is 0 Å². The summed E-state index contributed by atoms with van der Waals surface area (Å²) in [4.78, 5) is 0. The Labute approximate surface area is 85.1 Å². The maximum atomic E-state index is 4.93. The van der Waals surface area contributed by atoms with Crippen LogP contribution in [0.15, 0.2) is 24.3 Å². The zero-order chi connectivity index (χ0) is 8.36. The summed E-state index contributed by atoms with van der Waals surface area (Å²) in [5.41, 5.74) is 0. The third kappa shape index (κ3) is 10.4. The van der Waals surface area contributed by atoms with Crippen molar-refractivity contribution in [1.29, 1.82) is 0 Å². The van der Waals surface area contributed by atoms with Crippen molar-refractivity contribution in [3.05, 3.63) is 24.3 Å². The SMILES string of the molecule is C1=C\CC/C=C\CC/1.Cl[CH2][Pd]. The summed E-state index contributed by atoms with van der Waals surface area (Å²) < 4.78 is 0.572. The second kappa shape index (κ2) is 10.4. The van der Waals surface area contributed by atoms with Gasteiger partial charge in [-0.2, -0.15) is 0 Å². The number of allylic oxidation sites excluding steroid dienone is 4. The molecular weight excluding hydrogens is 250 g/mol. The average molecular weight is 264 g/mol. The Morgan fingerprint density at radius 2 is 1.09 bits per heavy atom. The van der Waals surface area contributed by atoms with Crippen LogP contribution in [0.5, 0.6) is 0 Å². The minimum absolute atomic E-state index is 0.572. The molecular formula is C9H14ClPd. The Bertz CT molecular complexity index is 92.7. The standard InChI is InChI=1S/C8H12.CH2Cl.Pd/c1-2-4-6-8-7-5-3-1;1-2;/h1-2,7-8H,3-6H2;1H2;/b2-1-,8-7-;;. The average Bonchev–Trinajstić information content (AvgIpc) is 1.86. The molecule has 0 atom stereocenters. The molecule has 0 spiro atoms. The van der Waals surface area contributed by atoms with E-state index in [1.807, 2.05) is 0 Å². The molecule has 0 amide bonds. The molecule has 1 aliphatic carbocycles. The van der Waals surface area contributed by atoms with E-state index in [0.717, 1.165) is 0 Å². The first-order valence-electron chi connectivity index (χ1n) is 3.79. The van der Waals surface area contributed by atoms with Gasteiger partial charge in [-0.3, -0.25) is 0 Å². The van der Waals surface area contributed by atoms with E-state index in [9.17, 15) is 0 Å². The quantitative estimate of drug-likeness (QED) is 0.357. The molecule has 0 fully saturated rings. The van der Waals surface area contributed by atoms with Crippen LogP contribution in [0.3, 0.4) is 0 Å². The van der Waals surface area contributed by atoms with Gasteiger partial charge >= 0.3 is 35.2 Å². The van der Waals surface area contributed by atoms with Gasteiger partial charge in [-0.05, 0) is 25.7 Å². The predicted molar refractivity (Wildman–Crippen MR) is 47.5 cm³/mol. The third-order valence-corrected chi connectivity index (χ3v) is 1.33. The van der Waals surface area contributed by atoms with E-state index in [2.05, 4.69) is 43.5 Å². The third-order valence-electron chi connectivity index (χ3n) is 1.33. The second-order valence-electron chi connectivity index (χ2n) is 2.18. The van der Waals surface area contributed by atoms with Crippen molar-refractivity contribution >= 4 is 11.6 Å². The molecule has 0 saturated heterocycles. The summed E-state index contributed by atoms with van der Waals surface area (Å²) in [6.45, 7) is 0. The number of alkyl halides is 1. The molecule has 2 heteroatoms. The Kier molecular flexibility index (Phi) is 10.8. The minimum atomic E-state index is 0.572. The Morgan fingerprint density at radius 3 is 1.27 bits per heavy atom. The van der Waals surface area contributed by atoms with Crippen LogP contribution in [0.4, 0.5) is 0 Å². The second-order valence-corrected chi connectivity index (χ2v) is 3.60. The molecule has 1 aliphatic rings. The van der Waals surface area contributed by atoms with Gasteiger partial charge in [0.2, 0.25) is 0 Å². The first-order valence-corrected chi connectivity index (χ1v) is 5.42. The van der Waals surface area contributed by atoms with Gasteiger partial charge in [0.05, 0.1) is 0 Å². The maximum absolute atomic E-state index is 4.93. The molecule has 0 aliphatic heterocycles. The van der Waals surface area contributed by atoms with E-state index in [1.54, 1.807) is 0 Å². The van der Waals surface area contributed by atoms with Crippen LogP contribution in [0, 0.1) is 0 Å². The topological polar surface area (TPSA) is 0 Å². The van der Waals surface area contributed by atoms with E-state index in [4.69, 9.17) is 11.6 Å². The van der Waals surface area contributed by atoms with E-state index in [1.165, 1.54) is 25.7 Å². The summed E-state index contributed by atoms with van der Waals surface area (Å²) >= 11 is 7.64. The molecule has 0 unspecified atom stereocenters. The zero-order valence-corrected chi connectivity index (χ0v) is 8.85. The molecule has 0 aromatic carbocycles. The zero-order valence-electron chi connectivity index (χ0n) is 6.54. The first-order chi connectivity index (χ1) is 5.41. The van der Waals surface area contributed by atoms with Gasteiger partial charge in [0.15, 0.2) is 0 Å². The van der Waals surface area contributed by atoms with Crippen molar-refractivity contribution in [2.75, 3.05) is 4.35 Å². The van der Waals surface area contributed by atoms with Crippen LogP contribution in [-0.4, -0.2) is 4.35 Å². The molecule has 0 saturated carbocycles. The number of hydrogen-bond acceptors (Lipinski definition) is 0. The van der Waals surface area contributed by atoms with E-state index >= 15 is 0 Å². The number of hydrogen-bond donors (Lipinski definition) is 0. The van der Waals surface area contributed by atoms with Crippen molar-refractivity contribution in [3.8, 4) is 0 Å². The summed E-state index contributed by atoms with van der Waals surface area (Å²) in [7, 11) is 0. The number of halogens is 1. The summed E-state index contributed by atoms with van der Waals surface area (Å²) in [6, 6.07) is 0. The van der Waals surface area contributed by atoms with Gasteiger partial charge in [-0.1, -0.05) is 24.3 Å². The normalized spacial score (nSPS) is 22.1. The summed E-state index contributed by atoms with van der Waals surface area (Å²) in [5.74, 6) is 0. The molecule has 11 heavy (non-hydrogen) atoms. The molecule has 67 valence electrons. The number of rotatable bonds is 0. The molecule has 0 radical (unpaired) electrons. The van der Waals surface area contributed by atoms with Crippen LogP contribution in [0.2, 0.25) is 0 Å². The molecule has 0 aromatic rings. The van der Waals surface area contributed by atoms with Crippen molar-refractivity contribution < 1.29 is 19.2 Å². The fourth-order valence-electron chi connectivity index (χ4n) is 0.856. The monoisotopic (exact) mass is 263 g/mol. The molecule has 0 N–H and O–H groups in total. The molecule has 0 nitrogen and oxygen atoms in total. The van der Waals surface area contributed by atoms with Gasteiger partial charge in [-0.15, -0.1) is 0 Å². The van der Waals surface area contributed by atoms with Crippen LogP contribution in [-0.2, 0) is 19.2 Å². The van der Waals surface area contributed by atoms with Crippen molar-refractivity contribution in [1.82, 2.24) is 0 Å². The molecule has 0 bridgehead atoms. The Balaban J connectivity index is 0.000000292. The van der Waals surface area contributed by atoms with Crippen LogP contribution in [0.1, 0.15) is 25.7 Å². The Morgan fingerprint density at radius 1 is 0.909 bits per heavy atom. The van der Waals surface area contributed by atoms with Gasteiger partial charge < -0.3 is 0 Å². The van der Waals surface area contributed by atoms with E-state index in [0.29, 0.717) is 4.35 Å². The fraction of sp³-hybridized carbons (Fsp3) is 0.556. The predicted octanol–water partition coefficient (Wildman–Crippen LogP) is 3.40. The van der Waals surface area contributed by atoms with Gasteiger partial charge in [-0.25, -0.2) is 0 Å². The first kappa shape index (κ1) is 11.4. The van der Waals surface area contributed by atoms with Crippen LogP contribution >= 0.6 is 11.6 Å².